The van der Waals surface area contributed by atoms with Crippen LogP contribution in [0.15, 0.2) is 28.8 Å². The smallest absolute Gasteiger partial charge is 0.251 e. The van der Waals surface area contributed by atoms with Crippen LogP contribution in [0.1, 0.15) is 27.7 Å². The van der Waals surface area contributed by atoms with Crippen LogP contribution >= 0.6 is 12.2 Å². The zero-order valence-electron chi connectivity index (χ0n) is 15.3. The van der Waals surface area contributed by atoms with E-state index in [4.69, 9.17) is 12.2 Å². The summed E-state index contributed by atoms with van der Waals surface area (Å²) >= 11 is 5.32. The maximum atomic E-state index is 12.8. The Kier molecular flexibility index (Phi) is 6.61. The lowest BCUT2D eigenvalue weighted by Gasteiger charge is -2.32. The Morgan fingerprint density at radius 1 is 1.40 bits per heavy atom. The number of thiocarbonyl (C=S) groups is 1. The Morgan fingerprint density at radius 2 is 2.08 bits per heavy atom. The SMILES string of the molecule is CCN(CC)CCN1C(=O)C2C=CC(C(=O)NC(C)C)=CC2=NC1=S. The molecular formula is C18H26N4O2S. The van der Waals surface area contributed by atoms with Crippen molar-refractivity contribution in [2.45, 2.75) is 33.7 Å². The van der Waals surface area contributed by atoms with Gasteiger partial charge in [0.2, 0.25) is 11.0 Å². The lowest BCUT2D eigenvalue weighted by Crippen LogP contribution is -2.49. The van der Waals surface area contributed by atoms with E-state index in [-0.39, 0.29) is 23.0 Å². The van der Waals surface area contributed by atoms with Crippen molar-refractivity contribution >= 4 is 34.9 Å². The highest BCUT2D eigenvalue weighted by Gasteiger charge is 2.35. The second-order valence-corrected chi connectivity index (χ2v) is 6.77. The Morgan fingerprint density at radius 3 is 2.68 bits per heavy atom. The number of hydrogen-bond acceptors (Lipinski definition) is 4. The summed E-state index contributed by atoms with van der Waals surface area (Å²) in [5, 5.41) is 3.11. The molecule has 0 saturated heterocycles. The van der Waals surface area contributed by atoms with Crippen molar-refractivity contribution in [3.8, 4) is 0 Å². The van der Waals surface area contributed by atoms with Gasteiger partial charge in [-0.3, -0.25) is 14.5 Å². The summed E-state index contributed by atoms with van der Waals surface area (Å²) < 4.78 is 0. The van der Waals surface area contributed by atoms with Crippen molar-refractivity contribution < 1.29 is 9.59 Å². The minimum absolute atomic E-state index is 0.0473. The molecule has 1 aliphatic carbocycles. The van der Waals surface area contributed by atoms with Crippen LogP contribution in [0.25, 0.3) is 0 Å². The minimum Gasteiger partial charge on any atom is -0.350 e. The number of rotatable bonds is 7. The highest BCUT2D eigenvalue weighted by atomic mass is 32.1. The lowest BCUT2D eigenvalue weighted by molar-refractivity contribution is -0.128. The summed E-state index contributed by atoms with van der Waals surface area (Å²) in [6, 6.07) is 0.0473. The summed E-state index contributed by atoms with van der Waals surface area (Å²) in [6.45, 7) is 11.1. The number of allylic oxidation sites excluding steroid dienone is 1. The topological polar surface area (TPSA) is 65.0 Å². The first kappa shape index (κ1) is 19.5. The minimum atomic E-state index is -0.459. The molecule has 0 aromatic carbocycles. The molecule has 1 unspecified atom stereocenters. The number of amides is 2. The van der Waals surface area contributed by atoms with Gasteiger partial charge in [0.05, 0.1) is 11.6 Å². The molecule has 1 heterocycles. The van der Waals surface area contributed by atoms with Crippen LogP contribution in [-0.2, 0) is 9.59 Å². The molecule has 0 fully saturated rings. The average molecular weight is 362 g/mol. The van der Waals surface area contributed by atoms with E-state index in [0.29, 0.717) is 17.8 Å². The van der Waals surface area contributed by atoms with E-state index in [9.17, 15) is 9.59 Å². The molecule has 0 aromatic heterocycles. The molecule has 1 N–H and O–H groups in total. The van der Waals surface area contributed by atoms with Gasteiger partial charge in [-0.25, -0.2) is 4.99 Å². The van der Waals surface area contributed by atoms with Gasteiger partial charge in [0, 0.05) is 24.7 Å². The Labute approximate surface area is 154 Å². The van der Waals surface area contributed by atoms with E-state index < -0.39 is 5.92 Å². The Balaban J connectivity index is 2.14. The third kappa shape index (κ3) is 4.61. The first-order valence-electron chi connectivity index (χ1n) is 8.74. The van der Waals surface area contributed by atoms with Crippen molar-refractivity contribution in [1.29, 1.82) is 0 Å². The van der Waals surface area contributed by atoms with Crippen LogP contribution in [0.2, 0.25) is 0 Å². The number of nitrogens with zero attached hydrogens (tertiary/aromatic N) is 3. The molecule has 2 amide bonds. The number of nitrogens with one attached hydrogen (secondary N) is 1. The lowest BCUT2D eigenvalue weighted by atomic mass is 9.91. The summed E-state index contributed by atoms with van der Waals surface area (Å²) in [7, 11) is 0. The molecule has 136 valence electrons. The molecule has 0 radical (unpaired) electrons. The zero-order valence-corrected chi connectivity index (χ0v) is 16.1. The van der Waals surface area contributed by atoms with Crippen molar-refractivity contribution in [3.63, 3.8) is 0 Å². The van der Waals surface area contributed by atoms with Crippen LogP contribution in [-0.4, -0.2) is 64.7 Å². The van der Waals surface area contributed by atoms with Gasteiger partial charge in [-0.2, -0.15) is 0 Å². The van der Waals surface area contributed by atoms with Gasteiger partial charge in [-0.05, 0) is 45.2 Å². The molecule has 1 atom stereocenters. The summed E-state index contributed by atoms with van der Waals surface area (Å²) in [6.07, 6.45) is 5.09. The van der Waals surface area contributed by atoms with Crippen LogP contribution in [0.4, 0.5) is 0 Å². The van der Waals surface area contributed by atoms with E-state index in [1.54, 1.807) is 23.1 Å². The van der Waals surface area contributed by atoms with Gasteiger partial charge in [0.1, 0.15) is 0 Å². The number of carbonyl (C=O) groups is 2. The van der Waals surface area contributed by atoms with E-state index in [1.165, 1.54) is 0 Å². The molecule has 25 heavy (non-hydrogen) atoms. The molecule has 1 aliphatic heterocycles. The van der Waals surface area contributed by atoms with E-state index in [1.807, 2.05) is 13.8 Å². The molecule has 2 aliphatic rings. The number of fused-ring (bicyclic) bond motifs is 1. The highest BCUT2D eigenvalue weighted by molar-refractivity contribution is 7.80. The largest absolute Gasteiger partial charge is 0.350 e. The predicted octanol–water partition coefficient (Wildman–Crippen LogP) is 1.53. The zero-order chi connectivity index (χ0) is 18.6. The van der Waals surface area contributed by atoms with Crippen molar-refractivity contribution in [2.75, 3.05) is 26.2 Å². The monoisotopic (exact) mass is 362 g/mol. The fourth-order valence-electron chi connectivity index (χ4n) is 2.81. The van der Waals surface area contributed by atoms with Gasteiger partial charge in [0.25, 0.3) is 5.91 Å². The quantitative estimate of drug-likeness (QED) is 0.698. The van der Waals surface area contributed by atoms with Gasteiger partial charge in [-0.1, -0.05) is 26.0 Å². The first-order chi connectivity index (χ1) is 11.9. The maximum absolute atomic E-state index is 12.8. The van der Waals surface area contributed by atoms with Gasteiger partial charge in [0.15, 0.2) is 0 Å². The van der Waals surface area contributed by atoms with Gasteiger partial charge < -0.3 is 10.2 Å². The van der Waals surface area contributed by atoms with Crippen molar-refractivity contribution in [2.24, 2.45) is 10.9 Å². The molecule has 0 aromatic rings. The van der Waals surface area contributed by atoms with Gasteiger partial charge >= 0.3 is 0 Å². The second kappa shape index (κ2) is 8.49. The normalized spacial score (nSPS) is 19.9. The molecule has 7 heteroatoms. The van der Waals surface area contributed by atoms with Gasteiger partial charge in [-0.15, -0.1) is 0 Å². The fraction of sp³-hybridized carbons (Fsp3) is 0.556. The maximum Gasteiger partial charge on any atom is 0.251 e. The number of likely N-dealkylation sites (N-methyl/N-ethyl adjacent to an activating group) is 1. The number of carbonyl (C=O) groups excluding carboxylic acids is 2. The van der Waals surface area contributed by atoms with Crippen molar-refractivity contribution in [1.82, 2.24) is 15.1 Å². The standard InChI is InChI=1S/C18H26N4O2S/c1-5-21(6-2)9-10-22-17(24)14-8-7-13(16(23)19-12(3)4)11-15(14)20-18(22)25/h7-8,11-12,14H,5-6,9-10H2,1-4H3,(H,19,23). The third-order valence-electron chi connectivity index (χ3n) is 4.29. The van der Waals surface area contributed by atoms with E-state index >= 15 is 0 Å². The molecule has 6 nitrogen and oxygen atoms in total. The Bertz CT molecular complexity index is 647. The number of hydrogen-bond donors (Lipinski definition) is 1. The Hall–Kier alpha value is -1.86. The molecule has 0 spiro atoms. The summed E-state index contributed by atoms with van der Waals surface area (Å²) in [5.41, 5.74) is 1.04. The van der Waals surface area contributed by atoms with Crippen LogP contribution in [0.5, 0.6) is 0 Å². The number of aliphatic imine (C=N–C) groups is 1. The first-order valence-corrected chi connectivity index (χ1v) is 9.15. The highest BCUT2D eigenvalue weighted by Crippen LogP contribution is 2.22. The summed E-state index contributed by atoms with van der Waals surface area (Å²) in [4.78, 5) is 33.1. The third-order valence-corrected chi connectivity index (χ3v) is 4.61. The van der Waals surface area contributed by atoms with E-state index in [0.717, 1.165) is 19.6 Å². The summed E-state index contributed by atoms with van der Waals surface area (Å²) in [5.74, 6) is -0.702. The molecular weight excluding hydrogens is 336 g/mol. The van der Waals surface area contributed by atoms with Crippen molar-refractivity contribution in [3.05, 3.63) is 23.8 Å². The van der Waals surface area contributed by atoms with E-state index in [2.05, 4.69) is 29.1 Å². The molecule has 0 bridgehead atoms. The molecule has 2 rings (SSSR count). The average Bonchev–Trinajstić information content (AvgIpc) is 2.57. The predicted molar refractivity (Wildman–Crippen MR) is 104 cm³/mol. The molecule has 0 saturated carbocycles. The fourth-order valence-corrected chi connectivity index (χ4v) is 3.10. The van der Waals surface area contributed by atoms with Crippen LogP contribution in [0, 0.1) is 5.92 Å². The second-order valence-electron chi connectivity index (χ2n) is 6.40. The van der Waals surface area contributed by atoms with Crippen LogP contribution < -0.4 is 5.32 Å². The van der Waals surface area contributed by atoms with Crippen LogP contribution in [0.3, 0.4) is 0 Å².